The highest BCUT2D eigenvalue weighted by Crippen LogP contribution is 2.45. The summed E-state index contributed by atoms with van der Waals surface area (Å²) in [4.78, 5) is 32.5. The number of hydrogen-bond donors (Lipinski definition) is 1. The van der Waals surface area contributed by atoms with Crippen LogP contribution in [0.4, 0.5) is 5.69 Å². The molecule has 3 heterocycles. The summed E-state index contributed by atoms with van der Waals surface area (Å²) in [5, 5.41) is 11.5. The molecule has 1 aromatic heterocycles. The number of Topliss-reactive ketones (excluding diaryl/α,β-unsaturated/α-hetero) is 1. The van der Waals surface area contributed by atoms with E-state index < -0.39 is 17.7 Å². The van der Waals surface area contributed by atoms with Gasteiger partial charge in [-0.05, 0) is 47.9 Å². The van der Waals surface area contributed by atoms with Crippen LogP contribution < -0.4 is 19.1 Å². The molecule has 2 aliphatic rings. The van der Waals surface area contributed by atoms with E-state index in [1.165, 1.54) is 4.90 Å². The van der Waals surface area contributed by atoms with Crippen LogP contribution in [0.2, 0.25) is 0 Å². The molecule has 1 amide bonds. The number of ether oxygens (including phenoxy) is 3. The second-order valence-electron chi connectivity index (χ2n) is 9.63. The van der Waals surface area contributed by atoms with Crippen LogP contribution in [0.1, 0.15) is 43.6 Å². The number of aliphatic hydroxyl groups excluding tert-OH is 1. The lowest BCUT2D eigenvalue weighted by Crippen LogP contribution is -2.29. The number of pyridine rings is 1. The van der Waals surface area contributed by atoms with Crippen LogP contribution in [-0.4, -0.2) is 35.7 Å². The number of rotatable bonds is 4. The molecule has 0 bridgehead atoms. The van der Waals surface area contributed by atoms with Gasteiger partial charge in [0.2, 0.25) is 6.79 Å². The Kier molecular flexibility index (Phi) is 5.67. The van der Waals surface area contributed by atoms with Crippen LogP contribution in [0.3, 0.4) is 0 Å². The van der Waals surface area contributed by atoms with Crippen molar-refractivity contribution in [3.05, 3.63) is 83.2 Å². The number of hydrogen-bond acceptors (Lipinski definition) is 7. The first-order valence-corrected chi connectivity index (χ1v) is 11.5. The van der Waals surface area contributed by atoms with Crippen molar-refractivity contribution in [2.24, 2.45) is 0 Å². The number of nitrogens with zero attached hydrogens (tertiary/aromatic N) is 2. The zero-order valence-electron chi connectivity index (χ0n) is 20.4. The zero-order chi connectivity index (χ0) is 25.6. The smallest absolute Gasteiger partial charge is 0.300 e. The lowest BCUT2D eigenvalue weighted by atomic mass is 9.84. The molecule has 0 aliphatic carbocycles. The Morgan fingerprint density at radius 2 is 1.83 bits per heavy atom. The van der Waals surface area contributed by atoms with Crippen LogP contribution in [0, 0.1) is 0 Å². The van der Waals surface area contributed by atoms with Crippen molar-refractivity contribution in [2.75, 3.05) is 18.8 Å². The highest BCUT2D eigenvalue weighted by atomic mass is 16.7. The first kappa shape index (κ1) is 23.4. The molecule has 1 N–H and O–H groups in total. The van der Waals surface area contributed by atoms with Gasteiger partial charge in [-0.15, -0.1) is 0 Å². The third-order valence-electron chi connectivity index (χ3n) is 6.33. The maximum Gasteiger partial charge on any atom is 0.300 e. The van der Waals surface area contributed by atoms with Crippen molar-refractivity contribution in [3.8, 4) is 17.2 Å². The number of aromatic nitrogens is 1. The molecule has 3 aromatic rings. The minimum Gasteiger partial charge on any atom is -0.507 e. The second-order valence-corrected chi connectivity index (χ2v) is 9.63. The molecule has 2 aliphatic heterocycles. The SMILES string of the molecule is COc1ccc(/C(O)=C2\C(=O)C(=O)N(c3ccc4c(c3)OCO4)C2c2ccccn2)cc1C(C)(C)C. The molecule has 0 radical (unpaired) electrons. The lowest BCUT2D eigenvalue weighted by Gasteiger charge is -2.25. The number of anilines is 1. The summed E-state index contributed by atoms with van der Waals surface area (Å²) in [7, 11) is 1.59. The number of carbonyl (C=O) groups is 2. The Morgan fingerprint density at radius 1 is 1.06 bits per heavy atom. The average molecular weight is 487 g/mol. The standard InChI is InChI=1S/C28H26N2O6/c1-28(2,3)18-13-16(8-10-20(18)34-4)25(31)23-24(19-7-5-6-12-29-19)30(27(33)26(23)32)17-9-11-21-22(14-17)36-15-35-21/h5-14,24,31H,15H2,1-4H3/b25-23+. The van der Waals surface area contributed by atoms with Crippen molar-refractivity contribution in [1.82, 2.24) is 4.98 Å². The van der Waals surface area contributed by atoms with Crippen LogP contribution in [0.25, 0.3) is 5.76 Å². The summed E-state index contributed by atoms with van der Waals surface area (Å²) < 4.78 is 16.4. The van der Waals surface area contributed by atoms with Crippen LogP contribution in [0.15, 0.2) is 66.4 Å². The van der Waals surface area contributed by atoms with Crippen molar-refractivity contribution < 1.29 is 28.9 Å². The predicted octanol–water partition coefficient (Wildman–Crippen LogP) is 4.74. The van der Waals surface area contributed by atoms with Crippen LogP contribution >= 0.6 is 0 Å². The fourth-order valence-corrected chi connectivity index (χ4v) is 4.55. The van der Waals surface area contributed by atoms with Gasteiger partial charge in [0.05, 0.1) is 18.4 Å². The predicted molar refractivity (Wildman–Crippen MR) is 133 cm³/mol. The third-order valence-corrected chi connectivity index (χ3v) is 6.33. The lowest BCUT2D eigenvalue weighted by molar-refractivity contribution is -0.132. The summed E-state index contributed by atoms with van der Waals surface area (Å²) in [6.45, 7) is 6.16. The molecule has 36 heavy (non-hydrogen) atoms. The highest BCUT2D eigenvalue weighted by Gasteiger charge is 2.48. The van der Waals surface area contributed by atoms with Gasteiger partial charge in [-0.2, -0.15) is 0 Å². The fraction of sp³-hybridized carbons (Fsp3) is 0.250. The molecule has 5 rings (SSSR count). The maximum atomic E-state index is 13.4. The topological polar surface area (TPSA) is 98.2 Å². The molecule has 0 saturated carbocycles. The minimum atomic E-state index is -0.938. The monoisotopic (exact) mass is 486 g/mol. The molecule has 1 unspecified atom stereocenters. The van der Waals surface area contributed by atoms with Gasteiger partial charge in [0.25, 0.3) is 11.7 Å². The minimum absolute atomic E-state index is 0.0404. The Morgan fingerprint density at radius 3 is 2.53 bits per heavy atom. The van der Waals surface area contributed by atoms with E-state index in [4.69, 9.17) is 14.2 Å². The molecule has 1 atom stereocenters. The zero-order valence-corrected chi connectivity index (χ0v) is 20.4. The van der Waals surface area contributed by atoms with Gasteiger partial charge in [0.15, 0.2) is 11.5 Å². The molecular formula is C28H26N2O6. The Hall–Kier alpha value is -4.33. The highest BCUT2D eigenvalue weighted by molar-refractivity contribution is 6.51. The molecule has 1 saturated heterocycles. The number of fused-ring (bicyclic) bond motifs is 1. The quantitative estimate of drug-likeness (QED) is 0.323. The van der Waals surface area contributed by atoms with Gasteiger partial charge in [-0.3, -0.25) is 19.5 Å². The summed E-state index contributed by atoms with van der Waals surface area (Å²) in [5.41, 5.74) is 1.81. The Bertz CT molecular complexity index is 1390. The van der Waals surface area contributed by atoms with Crippen LogP contribution in [0.5, 0.6) is 17.2 Å². The number of amides is 1. The summed E-state index contributed by atoms with van der Waals surface area (Å²) in [6.07, 6.45) is 1.58. The van der Waals surface area contributed by atoms with Crippen molar-refractivity contribution in [2.45, 2.75) is 32.2 Å². The average Bonchev–Trinajstić information content (AvgIpc) is 3.45. The second kappa shape index (κ2) is 8.71. The Labute approximate surface area is 208 Å². The van der Waals surface area contributed by atoms with Crippen molar-refractivity contribution in [3.63, 3.8) is 0 Å². The van der Waals surface area contributed by atoms with E-state index in [9.17, 15) is 14.7 Å². The van der Waals surface area contributed by atoms with Crippen molar-refractivity contribution >= 4 is 23.1 Å². The first-order chi connectivity index (χ1) is 17.2. The van der Waals surface area contributed by atoms with Gasteiger partial charge in [-0.25, -0.2) is 0 Å². The van der Waals surface area contributed by atoms with Gasteiger partial charge < -0.3 is 19.3 Å². The van der Waals surface area contributed by atoms with E-state index in [2.05, 4.69) is 4.98 Å². The number of carbonyl (C=O) groups excluding carboxylic acids is 2. The molecule has 8 nitrogen and oxygen atoms in total. The number of ketones is 1. The first-order valence-electron chi connectivity index (χ1n) is 11.5. The van der Waals surface area contributed by atoms with E-state index in [1.54, 1.807) is 67.9 Å². The van der Waals surface area contributed by atoms with E-state index in [-0.39, 0.29) is 23.5 Å². The van der Waals surface area contributed by atoms with Gasteiger partial charge >= 0.3 is 0 Å². The number of aliphatic hydroxyl groups is 1. The molecule has 8 heteroatoms. The summed E-state index contributed by atoms with van der Waals surface area (Å²) in [5.74, 6) is -0.150. The van der Waals surface area contributed by atoms with Gasteiger partial charge in [-0.1, -0.05) is 26.8 Å². The van der Waals surface area contributed by atoms with E-state index in [1.807, 2.05) is 20.8 Å². The number of benzene rings is 2. The van der Waals surface area contributed by atoms with Crippen LogP contribution in [-0.2, 0) is 15.0 Å². The molecule has 0 spiro atoms. The molecular weight excluding hydrogens is 460 g/mol. The van der Waals surface area contributed by atoms with E-state index in [0.29, 0.717) is 34.2 Å². The van der Waals surface area contributed by atoms with E-state index in [0.717, 1.165) is 5.56 Å². The Balaban J connectivity index is 1.70. The summed E-state index contributed by atoms with van der Waals surface area (Å²) >= 11 is 0. The van der Waals surface area contributed by atoms with Crippen molar-refractivity contribution in [1.29, 1.82) is 0 Å². The van der Waals surface area contributed by atoms with E-state index >= 15 is 0 Å². The fourth-order valence-electron chi connectivity index (χ4n) is 4.55. The largest absolute Gasteiger partial charge is 0.507 e. The third kappa shape index (κ3) is 3.84. The normalized spacial score (nSPS) is 18.6. The van der Waals surface area contributed by atoms with Gasteiger partial charge in [0, 0.05) is 29.1 Å². The molecule has 184 valence electrons. The summed E-state index contributed by atoms with van der Waals surface area (Å²) in [6, 6.07) is 14.5. The maximum absolute atomic E-state index is 13.4. The molecule has 1 fully saturated rings. The van der Waals surface area contributed by atoms with Gasteiger partial charge in [0.1, 0.15) is 17.6 Å². The molecule has 2 aromatic carbocycles. The number of methoxy groups -OCH3 is 1.